The molecule has 3 heteroatoms. The van der Waals surface area contributed by atoms with Gasteiger partial charge in [-0.3, -0.25) is 4.90 Å². The van der Waals surface area contributed by atoms with Crippen LogP contribution in [0.4, 0.5) is 5.82 Å². The number of allylic oxidation sites excluding steroid dienone is 1. The van der Waals surface area contributed by atoms with Crippen LogP contribution in [0.25, 0.3) is 0 Å². The van der Waals surface area contributed by atoms with Crippen molar-refractivity contribution < 1.29 is 0 Å². The van der Waals surface area contributed by atoms with Crippen molar-refractivity contribution in [1.82, 2.24) is 9.88 Å². The van der Waals surface area contributed by atoms with Crippen molar-refractivity contribution in [2.75, 3.05) is 37.6 Å². The van der Waals surface area contributed by atoms with Gasteiger partial charge in [-0.2, -0.15) is 0 Å². The fraction of sp³-hybridized carbons (Fsp3) is 0.632. The zero-order valence-corrected chi connectivity index (χ0v) is 13.8. The molecule has 4 aliphatic rings. The maximum absolute atomic E-state index is 4.48. The Labute approximate surface area is 134 Å². The van der Waals surface area contributed by atoms with Gasteiger partial charge in [0.2, 0.25) is 0 Å². The molecule has 1 aromatic rings. The highest BCUT2D eigenvalue weighted by molar-refractivity contribution is 5.38. The molecular weight excluding hydrogens is 270 g/mol. The molecule has 1 saturated heterocycles. The van der Waals surface area contributed by atoms with Crippen LogP contribution < -0.4 is 4.90 Å². The van der Waals surface area contributed by atoms with Crippen LogP contribution in [0.15, 0.2) is 36.0 Å². The summed E-state index contributed by atoms with van der Waals surface area (Å²) in [6.07, 6.45) is 7.19. The van der Waals surface area contributed by atoms with Gasteiger partial charge in [-0.25, -0.2) is 4.98 Å². The zero-order valence-electron chi connectivity index (χ0n) is 13.8. The molecule has 2 fully saturated rings. The van der Waals surface area contributed by atoms with E-state index in [1.807, 2.05) is 12.3 Å². The summed E-state index contributed by atoms with van der Waals surface area (Å²) in [5.41, 5.74) is 2.28. The second-order valence-electron chi connectivity index (χ2n) is 7.77. The second-order valence-corrected chi connectivity index (χ2v) is 7.77. The summed E-state index contributed by atoms with van der Waals surface area (Å²) >= 11 is 0. The number of anilines is 1. The predicted molar refractivity (Wildman–Crippen MR) is 91.0 cm³/mol. The molecule has 0 aromatic carbocycles. The lowest BCUT2D eigenvalue weighted by Gasteiger charge is -2.57. The van der Waals surface area contributed by atoms with Gasteiger partial charge in [-0.05, 0) is 42.2 Å². The van der Waals surface area contributed by atoms with Crippen molar-refractivity contribution >= 4 is 5.82 Å². The lowest BCUT2D eigenvalue weighted by Crippen LogP contribution is -2.52. The summed E-state index contributed by atoms with van der Waals surface area (Å²) in [7, 11) is 0. The fourth-order valence-electron chi connectivity index (χ4n) is 4.59. The number of fused-ring (bicyclic) bond motifs is 1. The first-order valence-corrected chi connectivity index (χ1v) is 8.72. The standard InChI is InChI=1S/C19H27N3/c1-19(2)16-7-6-15(17(19)13-16)14-21-9-11-22(12-10-21)18-5-3-4-8-20-18/h3-6,8,16-17H,7,9-14H2,1-2H3/t16-,17-/m1/s1. The number of nitrogens with zero attached hydrogens (tertiary/aromatic N) is 3. The highest BCUT2D eigenvalue weighted by Crippen LogP contribution is 2.59. The molecule has 22 heavy (non-hydrogen) atoms. The maximum Gasteiger partial charge on any atom is 0.128 e. The number of piperazine rings is 1. The van der Waals surface area contributed by atoms with Gasteiger partial charge in [0, 0.05) is 38.9 Å². The molecular formula is C19H27N3. The van der Waals surface area contributed by atoms with E-state index >= 15 is 0 Å². The van der Waals surface area contributed by atoms with Crippen LogP contribution in [0.2, 0.25) is 0 Å². The first-order valence-electron chi connectivity index (χ1n) is 8.72. The van der Waals surface area contributed by atoms with E-state index in [0.717, 1.165) is 43.8 Å². The summed E-state index contributed by atoms with van der Waals surface area (Å²) in [6.45, 7) is 10.6. The molecule has 5 rings (SSSR count). The van der Waals surface area contributed by atoms with Crippen molar-refractivity contribution in [2.45, 2.75) is 26.7 Å². The average molecular weight is 297 g/mol. The lowest BCUT2D eigenvalue weighted by molar-refractivity contribution is -0.0107. The quantitative estimate of drug-likeness (QED) is 0.799. The number of hydrogen-bond donors (Lipinski definition) is 0. The molecule has 0 radical (unpaired) electrons. The monoisotopic (exact) mass is 297 g/mol. The van der Waals surface area contributed by atoms with Crippen molar-refractivity contribution in [2.24, 2.45) is 17.3 Å². The topological polar surface area (TPSA) is 19.4 Å². The van der Waals surface area contributed by atoms with Crippen LogP contribution in [-0.4, -0.2) is 42.6 Å². The highest BCUT2D eigenvalue weighted by atomic mass is 15.3. The van der Waals surface area contributed by atoms with E-state index in [9.17, 15) is 0 Å². The van der Waals surface area contributed by atoms with Gasteiger partial charge >= 0.3 is 0 Å². The number of hydrogen-bond acceptors (Lipinski definition) is 3. The van der Waals surface area contributed by atoms with E-state index in [4.69, 9.17) is 0 Å². The summed E-state index contributed by atoms with van der Waals surface area (Å²) in [5.74, 6) is 2.92. The van der Waals surface area contributed by atoms with E-state index in [2.05, 4.69) is 46.8 Å². The third-order valence-corrected chi connectivity index (χ3v) is 6.33. The maximum atomic E-state index is 4.48. The molecule has 1 saturated carbocycles. The molecule has 2 atom stereocenters. The van der Waals surface area contributed by atoms with Gasteiger partial charge in [0.25, 0.3) is 0 Å². The normalized spacial score (nSPS) is 30.6. The van der Waals surface area contributed by atoms with Crippen molar-refractivity contribution in [1.29, 1.82) is 0 Å². The summed E-state index contributed by atoms with van der Waals surface area (Å²) in [6, 6.07) is 6.19. The third-order valence-electron chi connectivity index (χ3n) is 6.33. The van der Waals surface area contributed by atoms with Crippen LogP contribution in [0.5, 0.6) is 0 Å². The van der Waals surface area contributed by atoms with Gasteiger partial charge in [-0.1, -0.05) is 31.6 Å². The second kappa shape index (κ2) is 5.38. The Morgan fingerprint density at radius 1 is 1.18 bits per heavy atom. The smallest absolute Gasteiger partial charge is 0.128 e. The van der Waals surface area contributed by atoms with Crippen molar-refractivity contribution in [3.8, 4) is 0 Å². The Balaban J connectivity index is 1.34. The molecule has 0 unspecified atom stereocenters. The average Bonchev–Trinajstić information content (AvgIpc) is 2.56. The molecule has 3 aliphatic carbocycles. The number of aromatic nitrogens is 1. The zero-order chi connectivity index (χ0) is 15.2. The summed E-state index contributed by atoms with van der Waals surface area (Å²) in [5, 5.41) is 0. The van der Waals surface area contributed by atoms with Gasteiger partial charge in [0.05, 0.1) is 0 Å². The van der Waals surface area contributed by atoms with E-state index in [1.54, 1.807) is 5.57 Å². The Kier molecular flexibility index (Phi) is 3.48. The van der Waals surface area contributed by atoms with Gasteiger partial charge < -0.3 is 4.90 Å². The minimum atomic E-state index is 0.555. The molecule has 2 heterocycles. The van der Waals surface area contributed by atoms with E-state index in [-0.39, 0.29) is 0 Å². The van der Waals surface area contributed by atoms with Crippen LogP contribution in [0.3, 0.4) is 0 Å². The molecule has 1 aliphatic heterocycles. The Morgan fingerprint density at radius 2 is 2.00 bits per heavy atom. The molecule has 3 nitrogen and oxygen atoms in total. The Bertz CT molecular complexity index is 555. The van der Waals surface area contributed by atoms with Crippen LogP contribution >= 0.6 is 0 Å². The Hall–Kier alpha value is -1.35. The van der Waals surface area contributed by atoms with Gasteiger partial charge in [0.15, 0.2) is 0 Å². The number of rotatable bonds is 3. The third kappa shape index (κ3) is 2.36. The minimum absolute atomic E-state index is 0.555. The fourth-order valence-corrected chi connectivity index (χ4v) is 4.59. The lowest BCUT2D eigenvalue weighted by atomic mass is 9.49. The first kappa shape index (κ1) is 14.3. The van der Waals surface area contributed by atoms with Crippen LogP contribution in [0.1, 0.15) is 26.7 Å². The molecule has 0 amide bonds. The van der Waals surface area contributed by atoms with E-state index < -0.39 is 0 Å². The minimum Gasteiger partial charge on any atom is -0.354 e. The van der Waals surface area contributed by atoms with Crippen molar-refractivity contribution in [3.05, 3.63) is 36.0 Å². The van der Waals surface area contributed by atoms with Gasteiger partial charge in [-0.15, -0.1) is 0 Å². The summed E-state index contributed by atoms with van der Waals surface area (Å²) in [4.78, 5) is 9.53. The molecule has 2 bridgehead atoms. The molecule has 0 spiro atoms. The SMILES string of the molecule is CC1(C)[C@@H]2CC=C(CN3CCN(c4ccccn4)CC3)[C@H]1C2. The van der Waals surface area contributed by atoms with E-state index in [0.29, 0.717) is 5.41 Å². The molecule has 118 valence electrons. The number of pyridine rings is 1. The van der Waals surface area contributed by atoms with Crippen LogP contribution in [0, 0.1) is 17.3 Å². The van der Waals surface area contributed by atoms with Crippen LogP contribution in [-0.2, 0) is 0 Å². The first-order chi connectivity index (χ1) is 10.6. The van der Waals surface area contributed by atoms with Crippen molar-refractivity contribution in [3.63, 3.8) is 0 Å². The predicted octanol–water partition coefficient (Wildman–Crippen LogP) is 3.20. The van der Waals surface area contributed by atoms with Gasteiger partial charge in [0.1, 0.15) is 5.82 Å². The molecule has 0 N–H and O–H groups in total. The Morgan fingerprint density at radius 3 is 2.64 bits per heavy atom. The summed E-state index contributed by atoms with van der Waals surface area (Å²) < 4.78 is 0. The van der Waals surface area contributed by atoms with E-state index in [1.165, 1.54) is 19.4 Å². The highest BCUT2D eigenvalue weighted by Gasteiger charge is 2.51. The molecule has 1 aromatic heterocycles. The largest absolute Gasteiger partial charge is 0.354 e.